The normalized spacial score (nSPS) is 12.4. The second-order valence-electron chi connectivity index (χ2n) is 4.69. The molecule has 0 fully saturated rings. The van der Waals surface area contributed by atoms with Crippen molar-refractivity contribution in [3.63, 3.8) is 0 Å². The summed E-state index contributed by atoms with van der Waals surface area (Å²) in [5.41, 5.74) is 5.27. The lowest BCUT2D eigenvalue weighted by Gasteiger charge is -2.21. The predicted molar refractivity (Wildman–Crippen MR) is 79.7 cm³/mol. The van der Waals surface area contributed by atoms with Gasteiger partial charge in [-0.2, -0.15) is 0 Å². The Morgan fingerprint density at radius 3 is 2.70 bits per heavy atom. The quantitative estimate of drug-likeness (QED) is 0.729. The van der Waals surface area contributed by atoms with E-state index in [1.807, 2.05) is 0 Å². The summed E-state index contributed by atoms with van der Waals surface area (Å²) in [5.74, 6) is 0.332. The Bertz CT molecular complexity index is 710. The van der Waals surface area contributed by atoms with Gasteiger partial charge in [-0.1, -0.05) is 0 Å². The van der Waals surface area contributed by atoms with E-state index in [9.17, 15) is 9.59 Å². The standard InChI is InChI=1S/C15H15N3O5/c1-21-11-7-9(8-12-13(11)23-6-5-22-12)14(19)17-18-15(20)10-3-2-4-16-10/h2-4,7-8,16H,5-6H2,1H3,(H,17,19)(H,18,20). The Morgan fingerprint density at radius 2 is 1.96 bits per heavy atom. The van der Waals surface area contributed by atoms with E-state index in [1.165, 1.54) is 19.2 Å². The average Bonchev–Trinajstić information content (AvgIpc) is 3.13. The molecule has 1 aromatic heterocycles. The summed E-state index contributed by atoms with van der Waals surface area (Å²) >= 11 is 0. The minimum absolute atomic E-state index is 0.276. The average molecular weight is 317 g/mol. The van der Waals surface area contributed by atoms with Crippen LogP contribution in [-0.2, 0) is 0 Å². The lowest BCUT2D eigenvalue weighted by molar-refractivity contribution is 0.0843. The number of carbonyl (C=O) groups excluding carboxylic acids is 2. The van der Waals surface area contributed by atoms with Crippen molar-refractivity contribution in [2.24, 2.45) is 0 Å². The van der Waals surface area contributed by atoms with E-state index in [4.69, 9.17) is 14.2 Å². The number of hydrogen-bond donors (Lipinski definition) is 3. The number of benzene rings is 1. The van der Waals surface area contributed by atoms with Gasteiger partial charge in [-0.15, -0.1) is 0 Å². The van der Waals surface area contributed by atoms with Gasteiger partial charge >= 0.3 is 0 Å². The van der Waals surface area contributed by atoms with E-state index in [-0.39, 0.29) is 5.56 Å². The Labute approximate surface area is 131 Å². The molecule has 8 nitrogen and oxygen atoms in total. The van der Waals surface area contributed by atoms with Gasteiger partial charge in [0.25, 0.3) is 11.8 Å². The molecule has 120 valence electrons. The highest BCUT2D eigenvalue weighted by molar-refractivity contribution is 5.99. The molecular weight excluding hydrogens is 302 g/mol. The monoisotopic (exact) mass is 317 g/mol. The Balaban J connectivity index is 1.73. The zero-order valence-electron chi connectivity index (χ0n) is 12.3. The van der Waals surface area contributed by atoms with Gasteiger partial charge in [0.2, 0.25) is 5.75 Å². The number of hydrogen-bond acceptors (Lipinski definition) is 5. The molecule has 1 aliphatic heterocycles. The molecule has 1 aromatic carbocycles. The van der Waals surface area contributed by atoms with Gasteiger partial charge in [-0.05, 0) is 24.3 Å². The highest BCUT2D eigenvalue weighted by Crippen LogP contribution is 2.40. The highest BCUT2D eigenvalue weighted by Gasteiger charge is 2.21. The lowest BCUT2D eigenvalue weighted by Crippen LogP contribution is -2.41. The fourth-order valence-corrected chi connectivity index (χ4v) is 2.13. The maximum absolute atomic E-state index is 12.2. The first kappa shape index (κ1) is 14.8. The minimum Gasteiger partial charge on any atom is -0.493 e. The fraction of sp³-hybridized carbons (Fsp3) is 0.200. The molecule has 2 aromatic rings. The zero-order chi connectivity index (χ0) is 16.2. The Hall–Kier alpha value is -3.16. The molecule has 1 aliphatic rings. The molecule has 0 saturated carbocycles. The first-order valence-corrected chi connectivity index (χ1v) is 6.90. The van der Waals surface area contributed by atoms with Crippen LogP contribution in [0.4, 0.5) is 0 Å². The number of H-pyrrole nitrogens is 1. The number of carbonyl (C=O) groups is 2. The van der Waals surface area contributed by atoms with Crippen molar-refractivity contribution in [1.82, 2.24) is 15.8 Å². The lowest BCUT2D eigenvalue weighted by atomic mass is 10.1. The van der Waals surface area contributed by atoms with Crippen molar-refractivity contribution in [3.8, 4) is 17.2 Å². The molecule has 0 bridgehead atoms. The maximum Gasteiger partial charge on any atom is 0.286 e. The van der Waals surface area contributed by atoms with Crippen molar-refractivity contribution in [2.45, 2.75) is 0 Å². The van der Waals surface area contributed by atoms with Gasteiger partial charge in [-0.25, -0.2) is 0 Å². The van der Waals surface area contributed by atoms with Crippen LogP contribution in [-0.4, -0.2) is 37.1 Å². The van der Waals surface area contributed by atoms with Crippen molar-refractivity contribution in [1.29, 1.82) is 0 Å². The van der Waals surface area contributed by atoms with Crippen molar-refractivity contribution < 1.29 is 23.8 Å². The van der Waals surface area contributed by atoms with E-state index < -0.39 is 11.8 Å². The third-order valence-corrected chi connectivity index (χ3v) is 3.22. The topological polar surface area (TPSA) is 102 Å². The Morgan fingerprint density at radius 1 is 1.17 bits per heavy atom. The summed E-state index contributed by atoms with van der Waals surface area (Å²) in [7, 11) is 1.47. The predicted octanol–water partition coefficient (Wildman–Crippen LogP) is 0.869. The van der Waals surface area contributed by atoms with Crippen molar-refractivity contribution in [2.75, 3.05) is 20.3 Å². The molecule has 23 heavy (non-hydrogen) atoms. The van der Waals surface area contributed by atoms with Gasteiger partial charge in [0.1, 0.15) is 18.9 Å². The maximum atomic E-state index is 12.2. The largest absolute Gasteiger partial charge is 0.493 e. The minimum atomic E-state index is -0.500. The molecule has 0 unspecified atom stereocenters. The number of ether oxygens (including phenoxy) is 3. The first-order chi connectivity index (χ1) is 11.2. The van der Waals surface area contributed by atoms with Gasteiger partial charge < -0.3 is 19.2 Å². The number of aromatic nitrogens is 1. The number of fused-ring (bicyclic) bond motifs is 1. The van der Waals surface area contributed by atoms with Crippen molar-refractivity contribution in [3.05, 3.63) is 41.7 Å². The molecule has 2 amide bonds. The van der Waals surface area contributed by atoms with Crippen LogP contribution in [0.2, 0.25) is 0 Å². The zero-order valence-corrected chi connectivity index (χ0v) is 12.3. The molecule has 0 spiro atoms. The van der Waals surface area contributed by atoms with Crippen LogP contribution in [0.1, 0.15) is 20.8 Å². The molecule has 3 N–H and O–H groups in total. The van der Waals surface area contributed by atoms with E-state index in [0.717, 1.165) is 0 Å². The number of hydrazine groups is 1. The molecule has 3 rings (SSSR count). The molecule has 0 radical (unpaired) electrons. The number of amides is 2. The summed E-state index contributed by atoms with van der Waals surface area (Å²) in [5, 5.41) is 0. The molecule has 2 heterocycles. The van der Waals surface area contributed by atoms with Gasteiger partial charge in [-0.3, -0.25) is 20.4 Å². The van der Waals surface area contributed by atoms with Gasteiger partial charge in [0, 0.05) is 11.8 Å². The molecule has 0 atom stereocenters. The van der Waals surface area contributed by atoms with Crippen LogP contribution in [0.3, 0.4) is 0 Å². The third kappa shape index (κ3) is 3.05. The van der Waals surface area contributed by atoms with Crippen LogP contribution < -0.4 is 25.1 Å². The smallest absolute Gasteiger partial charge is 0.286 e. The summed E-state index contributed by atoms with van der Waals surface area (Å²) in [6.07, 6.45) is 1.61. The van der Waals surface area contributed by atoms with E-state index in [0.29, 0.717) is 36.2 Å². The number of aromatic amines is 1. The Kier molecular flexibility index (Phi) is 4.05. The summed E-state index contributed by atoms with van der Waals surface area (Å²) in [6, 6.07) is 6.33. The van der Waals surface area contributed by atoms with E-state index in [1.54, 1.807) is 18.3 Å². The van der Waals surface area contributed by atoms with Gasteiger partial charge in [0.05, 0.1) is 7.11 Å². The summed E-state index contributed by atoms with van der Waals surface area (Å²) < 4.78 is 16.1. The summed E-state index contributed by atoms with van der Waals surface area (Å²) in [6.45, 7) is 0.811. The second kappa shape index (κ2) is 6.30. The molecule has 8 heteroatoms. The highest BCUT2D eigenvalue weighted by atomic mass is 16.6. The van der Waals surface area contributed by atoms with Crippen LogP contribution in [0.25, 0.3) is 0 Å². The fourth-order valence-electron chi connectivity index (χ4n) is 2.13. The first-order valence-electron chi connectivity index (χ1n) is 6.90. The number of rotatable bonds is 3. The van der Waals surface area contributed by atoms with E-state index in [2.05, 4.69) is 15.8 Å². The van der Waals surface area contributed by atoms with Crippen LogP contribution >= 0.6 is 0 Å². The van der Waals surface area contributed by atoms with Crippen LogP contribution in [0.5, 0.6) is 17.2 Å². The second-order valence-corrected chi connectivity index (χ2v) is 4.69. The molecule has 0 saturated heterocycles. The number of nitrogens with one attached hydrogen (secondary N) is 3. The van der Waals surface area contributed by atoms with Crippen LogP contribution in [0, 0.1) is 0 Å². The molecular formula is C15H15N3O5. The van der Waals surface area contributed by atoms with E-state index >= 15 is 0 Å². The van der Waals surface area contributed by atoms with Crippen molar-refractivity contribution >= 4 is 11.8 Å². The van der Waals surface area contributed by atoms with Crippen LogP contribution in [0.15, 0.2) is 30.5 Å². The van der Waals surface area contributed by atoms with Gasteiger partial charge in [0.15, 0.2) is 11.5 Å². The summed E-state index contributed by atoms with van der Waals surface area (Å²) in [4.78, 5) is 26.7. The number of methoxy groups -OCH3 is 1. The molecule has 0 aliphatic carbocycles. The SMILES string of the molecule is COc1cc(C(=O)NNC(=O)c2ccc[nH]2)cc2c1OCCO2. The third-order valence-electron chi connectivity index (χ3n) is 3.22.